The molecule has 118 valence electrons. The van der Waals surface area contributed by atoms with Gasteiger partial charge in [0.1, 0.15) is 0 Å². The van der Waals surface area contributed by atoms with Gasteiger partial charge in [0.2, 0.25) is 0 Å². The monoisotopic (exact) mass is 308 g/mol. The number of benzene rings is 2. The number of carbonyl (C=O) groups is 1. The molecule has 4 rings (SSSR count). The number of rotatable bonds is 2. The second kappa shape index (κ2) is 6.80. The first-order valence-corrected chi connectivity index (χ1v) is 7.87. The Labute approximate surface area is 136 Å². The average molecular weight is 308 g/mol. The molecule has 2 aromatic rings. The summed E-state index contributed by atoms with van der Waals surface area (Å²) in [5, 5.41) is 7.60. The van der Waals surface area contributed by atoms with Crippen LogP contribution >= 0.6 is 0 Å². The smallest absolute Gasteiger partial charge is 0.327 e. The van der Waals surface area contributed by atoms with Crippen molar-refractivity contribution in [2.24, 2.45) is 0 Å². The topological polar surface area (TPSA) is 46.5 Å². The van der Waals surface area contributed by atoms with Gasteiger partial charge in [0.25, 0.3) is 0 Å². The molecule has 0 spiro atoms. The molecule has 1 heterocycles. The highest BCUT2D eigenvalue weighted by Gasteiger charge is 2.26. The summed E-state index contributed by atoms with van der Waals surface area (Å²) >= 11 is 0. The van der Waals surface area contributed by atoms with Crippen LogP contribution in [0.2, 0.25) is 0 Å². The molecule has 2 aliphatic rings. The van der Waals surface area contributed by atoms with Crippen molar-refractivity contribution in [1.82, 2.24) is 0 Å². The third-order valence-corrected chi connectivity index (χ3v) is 4.34. The fraction of sp³-hybridized carbons (Fsp3) is 0.250. The van der Waals surface area contributed by atoms with Crippen molar-refractivity contribution in [2.45, 2.75) is 25.4 Å². The van der Waals surface area contributed by atoms with Crippen molar-refractivity contribution >= 4 is 5.97 Å². The van der Waals surface area contributed by atoms with Gasteiger partial charge in [-0.1, -0.05) is 49.0 Å². The van der Waals surface area contributed by atoms with Crippen LogP contribution in [0.4, 0.5) is 0 Å². The number of carboxylic acid groups (broad SMARTS) is 1. The van der Waals surface area contributed by atoms with Gasteiger partial charge in [-0.25, -0.2) is 4.79 Å². The van der Waals surface area contributed by atoms with Crippen LogP contribution in [0.3, 0.4) is 0 Å². The predicted molar refractivity (Wildman–Crippen MR) is 90.4 cm³/mol. The summed E-state index contributed by atoms with van der Waals surface area (Å²) in [5.74, 6) is -0.981. The fourth-order valence-electron chi connectivity index (χ4n) is 3.31. The van der Waals surface area contributed by atoms with Crippen LogP contribution in [0, 0.1) is 0 Å². The van der Waals surface area contributed by atoms with E-state index in [-0.39, 0.29) is 0 Å². The van der Waals surface area contributed by atoms with Gasteiger partial charge in [0, 0.05) is 12.7 Å². The SMILES string of the molecule is C=CC(=O)O.c1ccc2c(c1)Cc1c-2cccc1C1CCCO1. The zero-order chi connectivity index (χ0) is 16.2. The molecule has 1 aliphatic heterocycles. The van der Waals surface area contributed by atoms with Gasteiger partial charge in [0.15, 0.2) is 0 Å². The quantitative estimate of drug-likeness (QED) is 0.715. The Hall–Kier alpha value is -2.39. The maximum Gasteiger partial charge on any atom is 0.327 e. The summed E-state index contributed by atoms with van der Waals surface area (Å²) in [6.07, 6.45) is 4.60. The van der Waals surface area contributed by atoms with E-state index in [1.54, 1.807) is 0 Å². The number of fused-ring (bicyclic) bond motifs is 3. The Balaban J connectivity index is 0.000000276. The summed E-state index contributed by atoms with van der Waals surface area (Å²) in [6.45, 7) is 3.88. The number of hydrogen-bond acceptors (Lipinski definition) is 2. The van der Waals surface area contributed by atoms with E-state index < -0.39 is 5.97 Å². The minimum absolute atomic E-state index is 0.328. The first-order valence-electron chi connectivity index (χ1n) is 7.87. The highest BCUT2D eigenvalue weighted by molar-refractivity contribution is 5.79. The van der Waals surface area contributed by atoms with E-state index in [0.29, 0.717) is 6.10 Å². The number of ether oxygens (including phenoxy) is 1. The average Bonchev–Trinajstić information content (AvgIpc) is 3.22. The molecular weight excluding hydrogens is 288 g/mol. The number of carboxylic acids is 1. The highest BCUT2D eigenvalue weighted by atomic mass is 16.5. The Kier molecular flexibility index (Phi) is 4.58. The van der Waals surface area contributed by atoms with Crippen molar-refractivity contribution in [3.63, 3.8) is 0 Å². The first kappa shape index (κ1) is 15.5. The summed E-state index contributed by atoms with van der Waals surface area (Å²) in [6, 6.07) is 15.4. The van der Waals surface area contributed by atoms with Crippen molar-refractivity contribution in [3.8, 4) is 11.1 Å². The van der Waals surface area contributed by atoms with E-state index in [0.717, 1.165) is 19.1 Å². The lowest BCUT2D eigenvalue weighted by atomic mass is 9.96. The van der Waals surface area contributed by atoms with Crippen LogP contribution < -0.4 is 0 Å². The van der Waals surface area contributed by atoms with Gasteiger partial charge < -0.3 is 9.84 Å². The summed E-state index contributed by atoms with van der Waals surface area (Å²) < 4.78 is 5.86. The lowest BCUT2D eigenvalue weighted by Gasteiger charge is -2.14. The minimum Gasteiger partial charge on any atom is -0.478 e. The maximum atomic E-state index is 9.25. The van der Waals surface area contributed by atoms with Crippen molar-refractivity contribution < 1.29 is 14.6 Å². The molecule has 2 aromatic carbocycles. The molecular formula is C20H20O3. The van der Waals surface area contributed by atoms with Crippen LogP contribution in [-0.2, 0) is 16.0 Å². The first-order chi connectivity index (χ1) is 11.2. The third-order valence-electron chi connectivity index (χ3n) is 4.34. The second-order valence-electron chi connectivity index (χ2n) is 5.75. The van der Waals surface area contributed by atoms with Crippen LogP contribution in [0.5, 0.6) is 0 Å². The highest BCUT2D eigenvalue weighted by Crippen LogP contribution is 2.42. The molecule has 23 heavy (non-hydrogen) atoms. The largest absolute Gasteiger partial charge is 0.478 e. The lowest BCUT2D eigenvalue weighted by Crippen LogP contribution is -2.00. The summed E-state index contributed by atoms with van der Waals surface area (Å²) in [7, 11) is 0. The van der Waals surface area contributed by atoms with E-state index in [4.69, 9.17) is 9.84 Å². The fourth-order valence-corrected chi connectivity index (χ4v) is 3.31. The van der Waals surface area contributed by atoms with Crippen LogP contribution in [0.25, 0.3) is 11.1 Å². The van der Waals surface area contributed by atoms with E-state index >= 15 is 0 Å². The van der Waals surface area contributed by atoms with Gasteiger partial charge in [-0.2, -0.15) is 0 Å². The minimum atomic E-state index is -0.981. The van der Waals surface area contributed by atoms with E-state index in [9.17, 15) is 4.79 Å². The Bertz CT molecular complexity index is 727. The molecule has 1 N–H and O–H groups in total. The van der Waals surface area contributed by atoms with Crippen LogP contribution in [0.1, 0.15) is 35.6 Å². The Morgan fingerprint density at radius 3 is 2.61 bits per heavy atom. The molecule has 1 saturated heterocycles. The molecule has 1 unspecified atom stereocenters. The zero-order valence-corrected chi connectivity index (χ0v) is 13.0. The Morgan fingerprint density at radius 1 is 1.17 bits per heavy atom. The number of hydrogen-bond donors (Lipinski definition) is 1. The molecule has 0 bridgehead atoms. The van der Waals surface area contributed by atoms with E-state index in [2.05, 4.69) is 49.0 Å². The maximum absolute atomic E-state index is 9.25. The van der Waals surface area contributed by atoms with Gasteiger partial charge in [0.05, 0.1) is 6.10 Å². The summed E-state index contributed by atoms with van der Waals surface area (Å²) in [4.78, 5) is 9.25. The van der Waals surface area contributed by atoms with Gasteiger partial charge in [-0.15, -0.1) is 0 Å². The molecule has 3 heteroatoms. The second-order valence-corrected chi connectivity index (χ2v) is 5.75. The van der Waals surface area contributed by atoms with Gasteiger partial charge in [-0.05, 0) is 47.1 Å². The summed E-state index contributed by atoms with van der Waals surface area (Å²) in [5.41, 5.74) is 7.19. The van der Waals surface area contributed by atoms with Crippen molar-refractivity contribution in [2.75, 3.05) is 6.61 Å². The molecule has 0 saturated carbocycles. The molecule has 0 amide bonds. The van der Waals surface area contributed by atoms with Crippen LogP contribution in [0.15, 0.2) is 55.1 Å². The van der Waals surface area contributed by atoms with E-state index in [1.165, 1.54) is 40.7 Å². The molecule has 1 atom stereocenters. The van der Waals surface area contributed by atoms with Gasteiger partial charge in [-0.3, -0.25) is 0 Å². The molecule has 1 aliphatic carbocycles. The standard InChI is InChI=1S/C17H16O.C3H4O2/c1-2-6-13-12(5-1)11-16-14(13)7-3-8-15(16)17-9-4-10-18-17;1-2-3(4)5/h1-3,5-8,17H,4,9-11H2;2H,1H2,(H,4,5). The molecule has 3 nitrogen and oxygen atoms in total. The normalized spacial score (nSPS) is 17.7. The van der Waals surface area contributed by atoms with Crippen molar-refractivity contribution in [3.05, 3.63) is 71.8 Å². The lowest BCUT2D eigenvalue weighted by molar-refractivity contribution is -0.131. The van der Waals surface area contributed by atoms with Crippen LogP contribution in [-0.4, -0.2) is 17.7 Å². The molecule has 0 radical (unpaired) electrons. The predicted octanol–water partition coefficient (Wildman–Crippen LogP) is 4.37. The molecule has 0 aromatic heterocycles. The number of aliphatic carboxylic acids is 1. The van der Waals surface area contributed by atoms with E-state index in [1.807, 2.05) is 0 Å². The Morgan fingerprint density at radius 2 is 1.91 bits per heavy atom. The zero-order valence-electron chi connectivity index (χ0n) is 13.0. The third kappa shape index (κ3) is 3.20. The molecule has 1 fully saturated rings. The van der Waals surface area contributed by atoms with Crippen molar-refractivity contribution in [1.29, 1.82) is 0 Å². The van der Waals surface area contributed by atoms with Gasteiger partial charge >= 0.3 is 5.97 Å².